The summed E-state index contributed by atoms with van der Waals surface area (Å²) in [6, 6.07) is 0. The first-order valence-corrected chi connectivity index (χ1v) is 15.9. The zero-order valence-corrected chi connectivity index (χ0v) is 30.4. The Labute approximate surface area is 287 Å². The third-order valence-corrected chi connectivity index (χ3v) is 7.84. The second-order valence-electron chi connectivity index (χ2n) is 13.5. The lowest BCUT2D eigenvalue weighted by molar-refractivity contribution is -0.0315. The molecule has 0 radical (unpaired) electrons. The Kier molecular flexibility index (Phi) is 14.6. The lowest BCUT2D eigenvalue weighted by Gasteiger charge is -2.63. The van der Waals surface area contributed by atoms with Gasteiger partial charge in [-0.15, -0.1) is 0 Å². The van der Waals surface area contributed by atoms with Crippen LogP contribution in [0.15, 0.2) is 206 Å². The smallest absolute Gasteiger partial charge is 0.115 e. The van der Waals surface area contributed by atoms with Crippen molar-refractivity contribution >= 4 is 0 Å². The molecule has 0 amide bonds. The van der Waals surface area contributed by atoms with Gasteiger partial charge >= 0.3 is 0 Å². The molecule has 1 N–H and O–H groups in total. The first-order chi connectivity index (χ1) is 21.7. The van der Waals surface area contributed by atoms with Gasteiger partial charge in [-0.2, -0.15) is 0 Å². The van der Waals surface area contributed by atoms with Gasteiger partial charge in [0.15, 0.2) is 0 Å². The minimum absolute atomic E-state index is 0.800. The molecule has 0 aromatic carbocycles. The Morgan fingerprint density at radius 1 is 0.426 bits per heavy atom. The highest BCUT2D eigenvalue weighted by Gasteiger charge is 2.67. The van der Waals surface area contributed by atoms with Crippen LogP contribution >= 0.6 is 0 Å². The van der Waals surface area contributed by atoms with Crippen LogP contribution in [0.25, 0.3) is 0 Å². The Hall–Kier alpha value is -4.46. The first-order valence-electron chi connectivity index (χ1n) is 15.9. The fourth-order valence-corrected chi connectivity index (χ4v) is 5.63. The van der Waals surface area contributed by atoms with Crippen LogP contribution in [0.2, 0.25) is 0 Å². The fourth-order valence-electron chi connectivity index (χ4n) is 5.63. The van der Waals surface area contributed by atoms with Crippen molar-refractivity contribution in [1.29, 1.82) is 0 Å². The van der Waals surface area contributed by atoms with Crippen LogP contribution < -0.4 is 0 Å². The molecule has 47 heavy (non-hydrogen) atoms. The van der Waals surface area contributed by atoms with Gasteiger partial charge in [0.05, 0.1) is 5.41 Å². The molecule has 0 bridgehead atoms. The van der Waals surface area contributed by atoms with E-state index in [-0.39, 0.29) is 0 Å². The van der Waals surface area contributed by atoms with Crippen molar-refractivity contribution in [2.45, 2.75) is 61.0 Å². The predicted octanol–water partition coefficient (Wildman–Crippen LogP) is 12.7. The van der Waals surface area contributed by atoms with E-state index in [0.717, 1.165) is 50.2 Å². The summed E-state index contributed by atoms with van der Waals surface area (Å²) in [5.74, 6) is 0. The number of hydrogen-bond donors (Lipinski definition) is 1. The van der Waals surface area contributed by atoms with Crippen LogP contribution in [0.1, 0.15) is 55.4 Å². The molecule has 1 aliphatic rings. The lowest BCUT2D eigenvalue weighted by atomic mass is 9.40. The van der Waals surface area contributed by atoms with Gasteiger partial charge in [0.1, 0.15) is 5.60 Å². The number of allylic oxidation sites excluding steroid dienone is 22. The molecular formula is C46H58O. The summed E-state index contributed by atoms with van der Waals surface area (Å²) in [7, 11) is 0. The van der Waals surface area contributed by atoms with Gasteiger partial charge < -0.3 is 5.11 Å². The van der Waals surface area contributed by atoms with Crippen LogP contribution in [0.5, 0.6) is 0 Å². The topological polar surface area (TPSA) is 20.2 Å². The Morgan fingerprint density at radius 2 is 0.702 bits per heavy atom. The van der Waals surface area contributed by atoms with Crippen molar-refractivity contribution in [2.24, 2.45) is 16.2 Å². The van der Waals surface area contributed by atoms with Crippen LogP contribution in [0.3, 0.4) is 0 Å². The summed E-state index contributed by atoms with van der Waals surface area (Å²) in [5, 5.41) is 13.4. The van der Waals surface area contributed by atoms with Gasteiger partial charge in [-0.3, -0.25) is 0 Å². The standard InChI is InChI=1S/C46H58O/c1-34(2)17-18-42-33-46(47,32-25-41(15)16)45(30-23-39(11)12,31-24-40(13)14)44(28-21-37(7)8,29-22-38(9)10)43(42,26-19-35(3)4)27-20-36(5)6/h17-33,47H,1,3,5,7,9,11,13,15H2,2,4,6,8,10,12,14,16H3. The zero-order chi connectivity index (χ0) is 36.2. The lowest BCUT2D eigenvalue weighted by Crippen LogP contribution is -2.62. The second kappa shape index (κ2) is 16.9. The van der Waals surface area contributed by atoms with Gasteiger partial charge in [0, 0.05) is 10.8 Å². The van der Waals surface area contributed by atoms with Crippen molar-refractivity contribution in [1.82, 2.24) is 0 Å². The van der Waals surface area contributed by atoms with E-state index in [1.54, 1.807) is 0 Å². The minimum Gasteiger partial charge on any atom is -0.380 e. The summed E-state index contributed by atoms with van der Waals surface area (Å²) < 4.78 is 0. The molecule has 0 spiro atoms. The normalized spacial score (nSPS) is 26.9. The molecule has 1 aliphatic carbocycles. The van der Waals surface area contributed by atoms with E-state index < -0.39 is 21.8 Å². The summed E-state index contributed by atoms with van der Waals surface area (Å²) in [4.78, 5) is 0. The van der Waals surface area contributed by atoms with E-state index in [2.05, 4.69) is 89.1 Å². The van der Waals surface area contributed by atoms with Crippen molar-refractivity contribution in [2.75, 3.05) is 0 Å². The van der Waals surface area contributed by atoms with Crippen LogP contribution in [0.4, 0.5) is 0 Å². The predicted molar refractivity (Wildman–Crippen MR) is 212 cm³/mol. The monoisotopic (exact) mass is 626 g/mol. The van der Waals surface area contributed by atoms with E-state index in [0.29, 0.717) is 0 Å². The highest BCUT2D eigenvalue weighted by Crippen LogP contribution is 2.69. The molecule has 0 heterocycles. The number of aliphatic hydroxyl groups is 1. The number of rotatable bonds is 16. The Balaban J connectivity index is 5.33. The van der Waals surface area contributed by atoms with Crippen LogP contribution in [-0.4, -0.2) is 10.7 Å². The maximum Gasteiger partial charge on any atom is 0.115 e. The average molecular weight is 627 g/mol. The zero-order valence-electron chi connectivity index (χ0n) is 30.4. The van der Waals surface area contributed by atoms with Gasteiger partial charge in [-0.1, -0.05) is 188 Å². The molecular weight excluding hydrogens is 569 g/mol. The molecule has 248 valence electrons. The van der Waals surface area contributed by atoms with Crippen LogP contribution in [-0.2, 0) is 0 Å². The third kappa shape index (κ3) is 10.0. The highest BCUT2D eigenvalue weighted by molar-refractivity contribution is 5.60. The van der Waals surface area contributed by atoms with Gasteiger partial charge in [0.25, 0.3) is 0 Å². The Bertz CT molecular complexity index is 1520. The van der Waals surface area contributed by atoms with Crippen molar-refractivity contribution in [3.63, 3.8) is 0 Å². The van der Waals surface area contributed by atoms with E-state index in [1.165, 1.54) is 0 Å². The SMILES string of the molecule is C=C(C)C=CC1=CC(O)(C=CC(=C)C)C(C=CC(=C)C)(C=CC(=C)C)C(C=CC(=C)C)(C=CC(=C)C)C1(C=CC(=C)C)C=CC(=C)C. The van der Waals surface area contributed by atoms with E-state index in [9.17, 15) is 5.11 Å². The van der Waals surface area contributed by atoms with Gasteiger partial charge in [0.2, 0.25) is 0 Å². The van der Waals surface area contributed by atoms with Crippen molar-refractivity contribution in [3.8, 4) is 0 Å². The maximum absolute atomic E-state index is 13.4. The number of hydrogen-bond acceptors (Lipinski definition) is 1. The van der Waals surface area contributed by atoms with E-state index in [4.69, 9.17) is 0 Å². The largest absolute Gasteiger partial charge is 0.380 e. The second-order valence-corrected chi connectivity index (χ2v) is 13.5. The quantitative estimate of drug-likeness (QED) is 0.169. The van der Waals surface area contributed by atoms with Gasteiger partial charge in [-0.05, 0) is 73.1 Å². The summed E-state index contributed by atoms with van der Waals surface area (Å²) >= 11 is 0. The molecule has 0 aliphatic heterocycles. The van der Waals surface area contributed by atoms with E-state index >= 15 is 0 Å². The molecule has 0 aromatic heterocycles. The molecule has 0 aromatic rings. The molecule has 1 nitrogen and oxygen atoms in total. The fraction of sp³-hybridized carbons (Fsp3) is 0.261. The van der Waals surface area contributed by atoms with Crippen LogP contribution in [0, 0.1) is 16.2 Å². The Morgan fingerprint density at radius 3 is 1.02 bits per heavy atom. The molecule has 1 heteroatoms. The summed E-state index contributed by atoms with van der Waals surface area (Å²) in [6.45, 7) is 49.3. The minimum atomic E-state index is -1.62. The average Bonchev–Trinajstić information content (AvgIpc) is 2.94. The van der Waals surface area contributed by atoms with Crippen molar-refractivity contribution < 1.29 is 5.11 Å². The molecule has 1 atom stereocenters. The summed E-state index contributed by atoms with van der Waals surface area (Å²) in [6.07, 6.45) is 34.5. The van der Waals surface area contributed by atoms with Gasteiger partial charge in [-0.25, -0.2) is 0 Å². The highest BCUT2D eigenvalue weighted by atomic mass is 16.3. The van der Waals surface area contributed by atoms with E-state index in [1.807, 2.05) is 122 Å². The van der Waals surface area contributed by atoms with Crippen molar-refractivity contribution in [3.05, 3.63) is 206 Å². The molecule has 0 saturated heterocycles. The molecule has 0 fully saturated rings. The maximum atomic E-state index is 13.4. The summed E-state index contributed by atoms with van der Waals surface area (Å²) in [5.41, 5.74) is 2.78. The first kappa shape index (κ1) is 40.6. The molecule has 0 saturated carbocycles. The third-order valence-electron chi connectivity index (χ3n) is 7.84. The molecule has 1 rings (SSSR count). The molecule has 1 unspecified atom stereocenters.